The van der Waals surface area contributed by atoms with Crippen LogP contribution in [0.15, 0.2) is 47.5 Å². The van der Waals surface area contributed by atoms with Gasteiger partial charge in [-0.3, -0.25) is 25.0 Å². The van der Waals surface area contributed by atoms with E-state index in [-0.39, 0.29) is 18.9 Å². The Hall–Kier alpha value is -4.87. The smallest absolute Gasteiger partial charge is 0.254 e. The van der Waals surface area contributed by atoms with Crippen LogP contribution in [0.1, 0.15) is 34.8 Å². The summed E-state index contributed by atoms with van der Waals surface area (Å²) in [6, 6.07) is 12.4. The van der Waals surface area contributed by atoms with Crippen LogP contribution in [0.5, 0.6) is 5.75 Å². The number of amides is 3. The van der Waals surface area contributed by atoms with Gasteiger partial charge in [-0.05, 0) is 48.5 Å². The summed E-state index contributed by atoms with van der Waals surface area (Å²) in [5, 5.41) is 14.3. The predicted octanol–water partition coefficient (Wildman–Crippen LogP) is 1.43. The van der Waals surface area contributed by atoms with Crippen LogP contribution in [0.2, 0.25) is 0 Å². The van der Waals surface area contributed by atoms with Crippen molar-refractivity contribution < 1.29 is 19.1 Å². The summed E-state index contributed by atoms with van der Waals surface area (Å²) in [6.45, 7) is 6.77. The van der Waals surface area contributed by atoms with Crippen molar-refractivity contribution in [3.8, 4) is 23.8 Å². The fourth-order valence-corrected chi connectivity index (χ4v) is 5.27. The lowest BCUT2D eigenvalue weighted by atomic mass is 9.85. The second-order valence-electron chi connectivity index (χ2n) is 10.2. The van der Waals surface area contributed by atoms with Crippen LogP contribution in [0.25, 0.3) is 0 Å². The third-order valence-electron chi connectivity index (χ3n) is 7.64. The molecule has 5 rings (SSSR count). The Kier molecular flexibility index (Phi) is 7.90. The number of nitrogens with one attached hydrogen (secondary N) is 2. The van der Waals surface area contributed by atoms with E-state index in [1.807, 2.05) is 12.3 Å². The number of piperazine rings is 1. The van der Waals surface area contributed by atoms with Crippen molar-refractivity contribution in [1.82, 2.24) is 25.3 Å². The van der Waals surface area contributed by atoms with Crippen molar-refractivity contribution >= 4 is 29.4 Å². The van der Waals surface area contributed by atoms with Crippen molar-refractivity contribution in [2.45, 2.75) is 19.9 Å². The molecule has 2 saturated heterocycles. The summed E-state index contributed by atoms with van der Waals surface area (Å²) in [5.74, 6) is 5.97. The fraction of sp³-hybridized carbons (Fsp3) is 0.367. The van der Waals surface area contributed by atoms with E-state index in [2.05, 4.69) is 44.2 Å². The standard InChI is InChI=1S/C30H31N7O4/c1-3-35-12-14-36(15-13-35)29(32-20-31)33-23-7-4-21(5-8-23)10-11-30(17-26(38)34-28(30)40)19-37-18-22-6-9-24(41-2)16-25(22)27(37)39/h4-9,16H,3,12-15,17-19H2,1-2H3,(H,32,33)(H,34,38,40). The predicted molar refractivity (Wildman–Crippen MR) is 151 cm³/mol. The maximum Gasteiger partial charge on any atom is 0.254 e. The summed E-state index contributed by atoms with van der Waals surface area (Å²) < 4.78 is 5.24. The molecule has 41 heavy (non-hydrogen) atoms. The number of rotatable bonds is 5. The summed E-state index contributed by atoms with van der Waals surface area (Å²) in [7, 11) is 1.54. The fourth-order valence-electron chi connectivity index (χ4n) is 5.27. The van der Waals surface area contributed by atoms with Gasteiger partial charge in [-0.2, -0.15) is 5.26 Å². The van der Waals surface area contributed by atoms with E-state index < -0.39 is 17.2 Å². The van der Waals surface area contributed by atoms with E-state index in [9.17, 15) is 19.6 Å². The van der Waals surface area contributed by atoms with Crippen molar-refractivity contribution in [1.29, 1.82) is 5.26 Å². The Morgan fingerprint density at radius 3 is 2.51 bits per heavy atom. The monoisotopic (exact) mass is 553 g/mol. The topological polar surface area (TPSA) is 130 Å². The molecule has 2 fully saturated rings. The van der Waals surface area contributed by atoms with E-state index >= 15 is 0 Å². The molecule has 11 heteroatoms. The first kappa shape index (κ1) is 27.7. The van der Waals surface area contributed by atoms with Gasteiger partial charge >= 0.3 is 0 Å². The van der Waals surface area contributed by atoms with Crippen LogP contribution >= 0.6 is 0 Å². The number of ether oxygens (including phenoxy) is 1. The molecular formula is C30H31N7O4. The highest BCUT2D eigenvalue weighted by Gasteiger charge is 2.48. The minimum Gasteiger partial charge on any atom is -0.497 e. The number of nitriles is 1. The van der Waals surface area contributed by atoms with Gasteiger partial charge in [-0.25, -0.2) is 4.99 Å². The van der Waals surface area contributed by atoms with Gasteiger partial charge in [-0.1, -0.05) is 24.8 Å². The first-order chi connectivity index (χ1) is 19.8. The number of likely N-dealkylation sites (N-methyl/N-ethyl adjacent to an activating group) is 1. The molecule has 0 aliphatic carbocycles. The Morgan fingerprint density at radius 1 is 1.12 bits per heavy atom. The van der Waals surface area contributed by atoms with Gasteiger partial charge in [0, 0.05) is 50.4 Å². The number of benzene rings is 2. The number of carbonyl (C=O) groups excluding carboxylic acids is 3. The summed E-state index contributed by atoms with van der Waals surface area (Å²) in [6.07, 6.45) is 1.85. The molecular weight excluding hydrogens is 522 g/mol. The van der Waals surface area contributed by atoms with Crippen molar-refractivity contribution in [3.63, 3.8) is 0 Å². The summed E-state index contributed by atoms with van der Waals surface area (Å²) >= 11 is 0. The normalized spacial score (nSPS) is 20.7. The Bertz CT molecular complexity index is 1490. The highest BCUT2D eigenvalue weighted by atomic mass is 16.5. The number of aliphatic imine (C=N–C) groups is 1. The van der Waals surface area contributed by atoms with E-state index in [4.69, 9.17) is 4.74 Å². The number of nitrogens with zero attached hydrogens (tertiary/aromatic N) is 5. The third kappa shape index (κ3) is 5.86. The SMILES string of the molecule is CCN1CCN(C(=Nc2ccc(C#CC3(CN4Cc5ccc(OC)cc5C4=O)CC(=O)NC3=O)cc2)NC#N)CC1. The van der Waals surface area contributed by atoms with Crippen molar-refractivity contribution in [3.05, 3.63) is 59.2 Å². The molecule has 3 aliphatic heterocycles. The molecule has 0 radical (unpaired) electrons. The molecule has 0 bridgehead atoms. The van der Waals surface area contributed by atoms with Crippen LogP contribution < -0.4 is 15.4 Å². The number of hydrogen-bond donors (Lipinski definition) is 2. The van der Waals surface area contributed by atoms with E-state index in [1.54, 1.807) is 41.3 Å². The van der Waals surface area contributed by atoms with Crippen LogP contribution in [-0.2, 0) is 16.1 Å². The number of methoxy groups -OCH3 is 1. The highest BCUT2D eigenvalue weighted by molar-refractivity contribution is 6.08. The van der Waals surface area contributed by atoms with Gasteiger partial charge in [0.25, 0.3) is 5.91 Å². The Morgan fingerprint density at radius 2 is 1.88 bits per heavy atom. The lowest BCUT2D eigenvalue weighted by Gasteiger charge is -2.35. The molecule has 2 N–H and O–H groups in total. The summed E-state index contributed by atoms with van der Waals surface area (Å²) in [5.41, 5.74) is 1.26. The zero-order valence-electron chi connectivity index (χ0n) is 23.1. The van der Waals surface area contributed by atoms with Gasteiger partial charge < -0.3 is 19.4 Å². The van der Waals surface area contributed by atoms with Crippen LogP contribution in [0.4, 0.5) is 5.69 Å². The van der Waals surface area contributed by atoms with Crippen LogP contribution in [0.3, 0.4) is 0 Å². The maximum atomic E-state index is 13.1. The lowest BCUT2D eigenvalue weighted by Crippen LogP contribution is -2.51. The lowest BCUT2D eigenvalue weighted by molar-refractivity contribution is -0.127. The molecule has 3 aliphatic rings. The number of imide groups is 1. The van der Waals surface area contributed by atoms with Gasteiger partial charge in [0.2, 0.25) is 17.8 Å². The average molecular weight is 554 g/mol. The Labute approximate surface area is 238 Å². The Balaban J connectivity index is 1.34. The second kappa shape index (κ2) is 11.7. The van der Waals surface area contributed by atoms with Crippen LogP contribution in [-0.4, -0.2) is 84.8 Å². The molecule has 2 aromatic rings. The summed E-state index contributed by atoms with van der Waals surface area (Å²) in [4.78, 5) is 48.9. The molecule has 0 aromatic heterocycles. The zero-order chi connectivity index (χ0) is 29.0. The third-order valence-corrected chi connectivity index (χ3v) is 7.64. The van der Waals surface area contributed by atoms with Crippen molar-refractivity contribution in [2.24, 2.45) is 10.4 Å². The molecule has 3 heterocycles. The minimum absolute atomic E-state index is 0.00966. The minimum atomic E-state index is -1.36. The van der Waals surface area contributed by atoms with Gasteiger partial charge in [0.15, 0.2) is 6.19 Å². The number of hydrogen-bond acceptors (Lipinski definition) is 7. The molecule has 0 saturated carbocycles. The first-order valence-corrected chi connectivity index (χ1v) is 13.5. The molecule has 0 spiro atoms. The van der Waals surface area contributed by atoms with Crippen molar-refractivity contribution in [2.75, 3.05) is 46.4 Å². The quantitative estimate of drug-likeness (QED) is 0.142. The number of guanidine groups is 1. The molecule has 1 unspecified atom stereocenters. The van der Waals surface area contributed by atoms with Gasteiger partial charge in [0.1, 0.15) is 11.2 Å². The molecule has 11 nitrogen and oxygen atoms in total. The first-order valence-electron chi connectivity index (χ1n) is 13.5. The van der Waals surface area contributed by atoms with E-state index in [0.717, 1.165) is 38.3 Å². The molecule has 2 aromatic carbocycles. The largest absolute Gasteiger partial charge is 0.497 e. The second-order valence-corrected chi connectivity index (χ2v) is 10.2. The van der Waals surface area contributed by atoms with E-state index in [1.165, 1.54) is 7.11 Å². The molecule has 1 atom stereocenters. The van der Waals surface area contributed by atoms with E-state index in [0.29, 0.717) is 35.1 Å². The maximum absolute atomic E-state index is 13.1. The van der Waals surface area contributed by atoms with Gasteiger partial charge in [-0.15, -0.1) is 0 Å². The number of carbonyl (C=O) groups is 3. The molecule has 210 valence electrons. The highest BCUT2D eigenvalue weighted by Crippen LogP contribution is 2.33. The van der Waals surface area contributed by atoms with Gasteiger partial charge in [0.05, 0.1) is 19.2 Å². The average Bonchev–Trinajstić information content (AvgIpc) is 3.45. The molecule has 3 amide bonds. The van der Waals surface area contributed by atoms with Crippen LogP contribution in [0, 0.1) is 28.7 Å². The zero-order valence-corrected chi connectivity index (χ0v) is 23.1. The number of fused-ring (bicyclic) bond motifs is 1.